The average Bonchev–Trinajstić information content (AvgIpc) is 3.10. The van der Waals surface area contributed by atoms with Crippen LogP contribution in [-0.2, 0) is 11.3 Å². The van der Waals surface area contributed by atoms with Crippen molar-refractivity contribution in [3.8, 4) is 11.3 Å². The third-order valence-corrected chi connectivity index (χ3v) is 4.66. The van der Waals surface area contributed by atoms with Crippen molar-refractivity contribution in [2.75, 3.05) is 39.3 Å². The van der Waals surface area contributed by atoms with E-state index >= 15 is 0 Å². The van der Waals surface area contributed by atoms with Gasteiger partial charge in [-0.25, -0.2) is 4.98 Å². The fraction of sp³-hybridized carbons (Fsp3) is 0.474. The summed E-state index contributed by atoms with van der Waals surface area (Å²) in [6.45, 7) is 7.51. The maximum atomic E-state index is 11.8. The molecule has 0 saturated carbocycles. The van der Waals surface area contributed by atoms with Crippen LogP contribution in [0.15, 0.2) is 34.9 Å². The van der Waals surface area contributed by atoms with Crippen LogP contribution in [0.1, 0.15) is 19.2 Å². The van der Waals surface area contributed by atoms with Gasteiger partial charge in [-0.05, 0) is 18.6 Å². The minimum absolute atomic E-state index is 0.110. The molecule has 0 unspecified atom stereocenters. The molecular weight excluding hydrogens is 352 g/mol. The first-order valence-corrected chi connectivity index (χ1v) is 9.44. The van der Waals surface area contributed by atoms with Gasteiger partial charge in [-0.3, -0.25) is 14.6 Å². The molecule has 2 aromatic rings. The molecule has 2 heterocycles. The molecule has 1 aromatic heterocycles. The van der Waals surface area contributed by atoms with Crippen LogP contribution in [0.5, 0.6) is 0 Å². The molecule has 1 aromatic carbocycles. The van der Waals surface area contributed by atoms with Gasteiger partial charge < -0.3 is 9.73 Å². The fourth-order valence-corrected chi connectivity index (χ4v) is 3.17. The van der Waals surface area contributed by atoms with Crippen LogP contribution in [0.2, 0.25) is 5.02 Å². The van der Waals surface area contributed by atoms with E-state index in [0.717, 1.165) is 50.5 Å². The first-order valence-electron chi connectivity index (χ1n) is 9.06. The number of amides is 1. The third kappa shape index (κ3) is 5.30. The zero-order valence-electron chi connectivity index (χ0n) is 15.1. The van der Waals surface area contributed by atoms with Gasteiger partial charge in [-0.1, -0.05) is 30.7 Å². The Morgan fingerprint density at radius 3 is 2.77 bits per heavy atom. The first-order chi connectivity index (χ1) is 12.6. The molecule has 140 valence electrons. The number of piperazine rings is 1. The number of carbonyl (C=O) groups excluding carboxylic acids is 1. The number of nitrogens with one attached hydrogen (secondary N) is 1. The van der Waals surface area contributed by atoms with Crippen molar-refractivity contribution in [1.29, 1.82) is 0 Å². The van der Waals surface area contributed by atoms with Crippen molar-refractivity contribution >= 4 is 17.5 Å². The SMILES string of the molecule is CCCNC(=O)CN1CCN(Cc2ncc(-c3cccc(Cl)c3)o2)CC1. The quantitative estimate of drug-likeness (QED) is 0.804. The number of nitrogens with zero attached hydrogens (tertiary/aromatic N) is 3. The molecule has 1 amide bonds. The molecule has 0 spiro atoms. The highest BCUT2D eigenvalue weighted by atomic mass is 35.5. The Labute approximate surface area is 159 Å². The molecule has 7 heteroatoms. The number of oxazole rings is 1. The van der Waals surface area contributed by atoms with Gasteiger partial charge >= 0.3 is 0 Å². The van der Waals surface area contributed by atoms with Crippen molar-refractivity contribution in [3.05, 3.63) is 41.4 Å². The van der Waals surface area contributed by atoms with E-state index in [9.17, 15) is 4.79 Å². The van der Waals surface area contributed by atoms with Gasteiger partial charge in [0.2, 0.25) is 11.8 Å². The Morgan fingerprint density at radius 2 is 2.04 bits per heavy atom. The van der Waals surface area contributed by atoms with Crippen LogP contribution in [0.3, 0.4) is 0 Å². The highest BCUT2D eigenvalue weighted by molar-refractivity contribution is 6.30. The summed E-state index contributed by atoms with van der Waals surface area (Å²) in [5.41, 5.74) is 0.930. The molecule has 1 aliphatic heterocycles. The topological polar surface area (TPSA) is 61.6 Å². The molecule has 1 fully saturated rings. The lowest BCUT2D eigenvalue weighted by atomic mass is 10.2. The zero-order chi connectivity index (χ0) is 18.4. The Hall–Kier alpha value is -1.89. The van der Waals surface area contributed by atoms with Gasteiger partial charge in [0.1, 0.15) is 0 Å². The number of rotatable bonds is 7. The normalized spacial score (nSPS) is 15.9. The summed E-state index contributed by atoms with van der Waals surface area (Å²) in [6.07, 6.45) is 2.71. The van der Waals surface area contributed by atoms with Crippen molar-refractivity contribution in [2.24, 2.45) is 0 Å². The summed E-state index contributed by atoms with van der Waals surface area (Å²) in [6, 6.07) is 7.56. The van der Waals surface area contributed by atoms with Crippen LogP contribution in [0.4, 0.5) is 0 Å². The average molecular weight is 377 g/mol. The number of carbonyl (C=O) groups is 1. The standard InChI is InChI=1S/C19H25ClN4O2/c1-2-6-21-18(25)13-23-7-9-24(10-8-23)14-19-22-12-17(26-19)15-4-3-5-16(20)11-15/h3-5,11-12H,2,6-10,13-14H2,1H3,(H,21,25). The maximum absolute atomic E-state index is 11.8. The third-order valence-electron chi connectivity index (χ3n) is 4.43. The monoisotopic (exact) mass is 376 g/mol. The lowest BCUT2D eigenvalue weighted by molar-refractivity contribution is -0.122. The van der Waals surface area contributed by atoms with E-state index in [1.165, 1.54) is 0 Å². The minimum atomic E-state index is 0.110. The predicted octanol–water partition coefficient (Wildman–Crippen LogP) is 2.64. The van der Waals surface area contributed by atoms with E-state index in [1.807, 2.05) is 24.3 Å². The van der Waals surface area contributed by atoms with Gasteiger partial charge in [0.25, 0.3) is 0 Å². The van der Waals surface area contributed by atoms with E-state index in [0.29, 0.717) is 24.0 Å². The van der Waals surface area contributed by atoms with E-state index in [1.54, 1.807) is 6.20 Å². The smallest absolute Gasteiger partial charge is 0.234 e. The molecule has 1 aliphatic rings. The maximum Gasteiger partial charge on any atom is 0.234 e. The summed E-state index contributed by atoms with van der Waals surface area (Å²) < 4.78 is 5.87. The molecule has 6 nitrogen and oxygen atoms in total. The molecule has 0 atom stereocenters. The summed E-state index contributed by atoms with van der Waals surface area (Å²) in [5.74, 6) is 1.54. The summed E-state index contributed by atoms with van der Waals surface area (Å²) in [5, 5.41) is 3.60. The van der Waals surface area contributed by atoms with Crippen LogP contribution >= 0.6 is 11.6 Å². The summed E-state index contributed by atoms with van der Waals surface area (Å²) >= 11 is 6.03. The minimum Gasteiger partial charge on any atom is -0.439 e. The molecule has 1 saturated heterocycles. The Kier molecular flexibility index (Phi) is 6.66. The molecule has 1 N–H and O–H groups in total. The van der Waals surface area contributed by atoms with E-state index in [2.05, 4.69) is 27.0 Å². The van der Waals surface area contributed by atoms with Gasteiger partial charge in [0.05, 0.1) is 19.3 Å². The highest BCUT2D eigenvalue weighted by Gasteiger charge is 2.20. The Bertz CT molecular complexity index is 726. The molecule has 3 rings (SSSR count). The fourth-order valence-electron chi connectivity index (χ4n) is 2.98. The van der Waals surface area contributed by atoms with E-state index in [4.69, 9.17) is 16.0 Å². The largest absolute Gasteiger partial charge is 0.439 e. The molecule has 0 radical (unpaired) electrons. The van der Waals surface area contributed by atoms with Crippen LogP contribution in [0.25, 0.3) is 11.3 Å². The van der Waals surface area contributed by atoms with Gasteiger partial charge in [-0.2, -0.15) is 0 Å². The van der Waals surface area contributed by atoms with E-state index in [-0.39, 0.29) is 5.91 Å². The number of hydrogen-bond donors (Lipinski definition) is 1. The van der Waals surface area contributed by atoms with Crippen molar-refractivity contribution < 1.29 is 9.21 Å². The van der Waals surface area contributed by atoms with Gasteiger partial charge in [-0.15, -0.1) is 0 Å². The number of aromatic nitrogens is 1. The van der Waals surface area contributed by atoms with Gasteiger partial charge in [0, 0.05) is 43.3 Å². The Morgan fingerprint density at radius 1 is 1.27 bits per heavy atom. The summed E-state index contributed by atoms with van der Waals surface area (Å²) in [4.78, 5) is 20.7. The molecule has 26 heavy (non-hydrogen) atoms. The van der Waals surface area contributed by atoms with Crippen molar-refractivity contribution in [1.82, 2.24) is 20.1 Å². The van der Waals surface area contributed by atoms with Crippen molar-refractivity contribution in [3.63, 3.8) is 0 Å². The number of hydrogen-bond acceptors (Lipinski definition) is 5. The molecule has 0 bridgehead atoms. The first kappa shape index (κ1) is 18.9. The van der Waals surface area contributed by atoms with Gasteiger partial charge in [0.15, 0.2) is 5.76 Å². The zero-order valence-corrected chi connectivity index (χ0v) is 15.8. The second-order valence-electron chi connectivity index (χ2n) is 6.53. The van der Waals surface area contributed by atoms with E-state index < -0.39 is 0 Å². The second-order valence-corrected chi connectivity index (χ2v) is 6.97. The van der Waals surface area contributed by atoms with Crippen molar-refractivity contribution in [2.45, 2.75) is 19.9 Å². The van der Waals surface area contributed by atoms with Crippen LogP contribution in [0, 0.1) is 0 Å². The lowest BCUT2D eigenvalue weighted by Gasteiger charge is -2.33. The molecular formula is C19H25ClN4O2. The Balaban J connectivity index is 1.47. The number of benzene rings is 1. The predicted molar refractivity (Wildman–Crippen MR) is 102 cm³/mol. The second kappa shape index (κ2) is 9.16. The number of halogens is 1. The summed E-state index contributed by atoms with van der Waals surface area (Å²) in [7, 11) is 0. The van der Waals surface area contributed by atoms with Crippen LogP contribution in [-0.4, -0.2) is 60.0 Å². The lowest BCUT2D eigenvalue weighted by Crippen LogP contribution is -2.49. The molecule has 0 aliphatic carbocycles. The van der Waals surface area contributed by atoms with Crippen LogP contribution < -0.4 is 5.32 Å². The highest BCUT2D eigenvalue weighted by Crippen LogP contribution is 2.24.